The van der Waals surface area contributed by atoms with E-state index in [9.17, 15) is 0 Å². The van der Waals surface area contributed by atoms with Gasteiger partial charge >= 0.3 is 0 Å². The van der Waals surface area contributed by atoms with Crippen LogP contribution in [0.2, 0.25) is 5.02 Å². The quantitative estimate of drug-likeness (QED) is 0.838. The fourth-order valence-electron chi connectivity index (χ4n) is 1.34. The number of aryl methyl sites for hydroxylation is 1. The lowest BCUT2D eigenvalue weighted by molar-refractivity contribution is 1.19. The minimum absolute atomic E-state index is 0.793. The molecule has 2 aromatic rings. The molecular formula is C12H12ClNS. The van der Waals surface area contributed by atoms with E-state index in [0.717, 1.165) is 22.8 Å². The van der Waals surface area contributed by atoms with E-state index >= 15 is 0 Å². The summed E-state index contributed by atoms with van der Waals surface area (Å²) in [4.78, 5) is 1.19. The third-order valence-corrected chi connectivity index (χ3v) is 3.94. The Morgan fingerprint density at radius 1 is 1.27 bits per heavy atom. The summed E-state index contributed by atoms with van der Waals surface area (Å²) in [6.07, 6.45) is 0. The average Bonchev–Trinajstić information content (AvgIpc) is 2.59. The molecule has 2 rings (SSSR count). The molecule has 15 heavy (non-hydrogen) atoms. The van der Waals surface area contributed by atoms with Crippen LogP contribution >= 0.6 is 22.9 Å². The SMILES string of the molecule is Cc1csc(CNc2ccccc2)c1Cl. The lowest BCUT2D eigenvalue weighted by Crippen LogP contribution is -1.97. The first-order valence-electron chi connectivity index (χ1n) is 4.79. The first-order chi connectivity index (χ1) is 7.27. The van der Waals surface area contributed by atoms with Crippen molar-refractivity contribution in [1.29, 1.82) is 0 Å². The minimum atomic E-state index is 0.793. The van der Waals surface area contributed by atoms with Gasteiger partial charge in [0.1, 0.15) is 0 Å². The molecule has 3 heteroatoms. The molecule has 1 heterocycles. The number of halogens is 1. The summed E-state index contributed by atoms with van der Waals surface area (Å²) >= 11 is 7.85. The summed E-state index contributed by atoms with van der Waals surface area (Å²) < 4.78 is 0. The van der Waals surface area contributed by atoms with Gasteiger partial charge in [-0.05, 0) is 30.0 Å². The maximum atomic E-state index is 6.15. The highest BCUT2D eigenvalue weighted by Gasteiger charge is 2.05. The average molecular weight is 238 g/mol. The zero-order valence-electron chi connectivity index (χ0n) is 8.46. The molecule has 0 atom stereocenters. The Labute approximate surface area is 98.7 Å². The van der Waals surface area contributed by atoms with Crippen molar-refractivity contribution >= 4 is 28.6 Å². The molecule has 78 valence electrons. The summed E-state index contributed by atoms with van der Waals surface area (Å²) in [5.41, 5.74) is 2.28. The topological polar surface area (TPSA) is 12.0 Å². The predicted octanol–water partition coefficient (Wildman–Crippen LogP) is 4.32. The second kappa shape index (κ2) is 4.69. The maximum absolute atomic E-state index is 6.15. The Kier molecular flexibility index (Phi) is 3.29. The standard InChI is InChI=1S/C12H12ClNS/c1-9-8-15-11(12(9)13)7-14-10-5-3-2-4-6-10/h2-6,8,14H,7H2,1H3. The van der Waals surface area contributed by atoms with Gasteiger partial charge < -0.3 is 5.32 Å². The summed E-state index contributed by atoms with van der Waals surface area (Å²) in [6.45, 7) is 2.83. The number of rotatable bonds is 3. The largest absolute Gasteiger partial charge is 0.380 e. The first kappa shape index (κ1) is 10.5. The molecule has 1 N–H and O–H groups in total. The predicted molar refractivity (Wildman–Crippen MR) is 67.8 cm³/mol. The van der Waals surface area contributed by atoms with Gasteiger partial charge in [0.2, 0.25) is 0 Å². The van der Waals surface area contributed by atoms with Crippen LogP contribution in [0, 0.1) is 6.92 Å². The zero-order chi connectivity index (χ0) is 10.7. The van der Waals surface area contributed by atoms with Crippen molar-refractivity contribution in [2.75, 3.05) is 5.32 Å². The summed E-state index contributed by atoms with van der Waals surface area (Å²) in [5, 5.41) is 6.32. The molecule has 0 aliphatic rings. The maximum Gasteiger partial charge on any atom is 0.0592 e. The Bertz CT molecular complexity index is 436. The molecule has 0 bridgehead atoms. The summed E-state index contributed by atoms with van der Waals surface area (Å²) in [7, 11) is 0. The molecule has 0 spiro atoms. The van der Waals surface area contributed by atoms with Crippen LogP contribution in [0.3, 0.4) is 0 Å². The van der Waals surface area contributed by atoms with Crippen molar-refractivity contribution in [3.63, 3.8) is 0 Å². The number of nitrogens with one attached hydrogen (secondary N) is 1. The number of hydrogen-bond acceptors (Lipinski definition) is 2. The molecule has 0 aliphatic carbocycles. The fraction of sp³-hybridized carbons (Fsp3) is 0.167. The van der Waals surface area contributed by atoms with Gasteiger partial charge in [-0.3, -0.25) is 0 Å². The van der Waals surface area contributed by atoms with Crippen LogP contribution in [0.25, 0.3) is 0 Å². The highest BCUT2D eigenvalue weighted by atomic mass is 35.5. The Morgan fingerprint density at radius 2 is 2.00 bits per heavy atom. The van der Waals surface area contributed by atoms with Gasteiger partial charge in [0.15, 0.2) is 0 Å². The van der Waals surface area contributed by atoms with E-state index in [1.807, 2.05) is 37.3 Å². The molecule has 0 unspecified atom stereocenters. The van der Waals surface area contributed by atoms with E-state index in [2.05, 4.69) is 10.7 Å². The number of para-hydroxylation sites is 1. The molecule has 0 aliphatic heterocycles. The highest BCUT2D eigenvalue weighted by molar-refractivity contribution is 7.10. The van der Waals surface area contributed by atoms with E-state index < -0.39 is 0 Å². The van der Waals surface area contributed by atoms with Crippen LogP contribution in [0.1, 0.15) is 10.4 Å². The second-order valence-electron chi connectivity index (χ2n) is 3.38. The van der Waals surface area contributed by atoms with E-state index in [1.54, 1.807) is 11.3 Å². The monoisotopic (exact) mass is 237 g/mol. The summed E-state index contributed by atoms with van der Waals surface area (Å²) in [6, 6.07) is 10.1. The van der Waals surface area contributed by atoms with Gasteiger partial charge in [0.05, 0.1) is 11.6 Å². The van der Waals surface area contributed by atoms with Crippen LogP contribution in [0.15, 0.2) is 35.7 Å². The van der Waals surface area contributed by atoms with Crippen LogP contribution in [-0.4, -0.2) is 0 Å². The third kappa shape index (κ3) is 2.52. The molecule has 1 aromatic heterocycles. The molecule has 0 saturated carbocycles. The molecule has 0 saturated heterocycles. The molecule has 1 aromatic carbocycles. The minimum Gasteiger partial charge on any atom is -0.380 e. The smallest absolute Gasteiger partial charge is 0.0592 e. The molecular weight excluding hydrogens is 226 g/mol. The van der Waals surface area contributed by atoms with E-state index in [4.69, 9.17) is 11.6 Å². The van der Waals surface area contributed by atoms with Crippen molar-refractivity contribution in [2.24, 2.45) is 0 Å². The molecule has 1 nitrogen and oxygen atoms in total. The highest BCUT2D eigenvalue weighted by Crippen LogP contribution is 2.27. The summed E-state index contributed by atoms with van der Waals surface area (Å²) in [5.74, 6) is 0. The van der Waals surface area contributed by atoms with Gasteiger partial charge in [-0.15, -0.1) is 11.3 Å². The molecule has 0 radical (unpaired) electrons. The van der Waals surface area contributed by atoms with Gasteiger partial charge in [-0.1, -0.05) is 29.8 Å². The Balaban J connectivity index is 2.02. The Hall–Kier alpha value is -0.990. The van der Waals surface area contributed by atoms with E-state index in [1.165, 1.54) is 4.88 Å². The Morgan fingerprint density at radius 3 is 2.60 bits per heavy atom. The van der Waals surface area contributed by atoms with Crippen LogP contribution in [0.5, 0.6) is 0 Å². The van der Waals surface area contributed by atoms with Crippen molar-refractivity contribution in [3.8, 4) is 0 Å². The van der Waals surface area contributed by atoms with Gasteiger partial charge in [-0.25, -0.2) is 0 Å². The van der Waals surface area contributed by atoms with Gasteiger partial charge in [0.25, 0.3) is 0 Å². The lowest BCUT2D eigenvalue weighted by atomic mass is 10.3. The number of thiophene rings is 1. The zero-order valence-corrected chi connectivity index (χ0v) is 10.0. The normalized spacial score (nSPS) is 10.3. The third-order valence-electron chi connectivity index (χ3n) is 2.20. The molecule has 0 amide bonds. The van der Waals surface area contributed by atoms with Crippen molar-refractivity contribution in [1.82, 2.24) is 0 Å². The van der Waals surface area contributed by atoms with Crippen LogP contribution < -0.4 is 5.32 Å². The van der Waals surface area contributed by atoms with E-state index in [-0.39, 0.29) is 0 Å². The van der Waals surface area contributed by atoms with Gasteiger partial charge in [-0.2, -0.15) is 0 Å². The fourth-order valence-corrected chi connectivity index (χ4v) is 2.52. The number of benzene rings is 1. The van der Waals surface area contributed by atoms with Crippen molar-refractivity contribution < 1.29 is 0 Å². The second-order valence-corrected chi connectivity index (χ2v) is 4.72. The lowest BCUT2D eigenvalue weighted by Gasteiger charge is -2.04. The first-order valence-corrected chi connectivity index (χ1v) is 6.04. The van der Waals surface area contributed by atoms with Crippen LogP contribution in [-0.2, 0) is 6.54 Å². The van der Waals surface area contributed by atoms with Gasteiger partial charge in [0, 0.05) is 10.6 Å². The van der Waals surface area contributed by atoms with Crippen molar-refractivity contribution in [2.45, 2.75) is 13.5 Å². The van der Waals surface area contributed by atoms with Crippen LogP contribution in [0.4, 0.5) is 5.69 Å². The number of anilines is 1. The molecule has 0 fully saturated rings. The van der Waals surface area contributed by atoms with Crippen molar-refractivity contribution in [3.05, 3.63) is 51.2 Å². The number of hydrogen-bond donors (Lipinski definition) is 1. The van der Waals surface area contributed by atoms with E-state index in [0.29, 0.717) is 0 Å².